The molecule has 25 heavy (non-hydrogen) atoms. The number of hydrogen-bond acceptors (Lipinski definition) is 3. The van der Waals surface area contributed by atoms with Crippen molar-refractivity contribution in [3.8, 4) is 5.69 Å². The van der Waals surface area contributed by atoms with Gasteiger partial charge in [0.1, 0.15) is 5.82 Å². The summed E-state index contributed by atoms with van der Waals surface area (Å²) < 4.78 is 14.8. The third-order valence-corrected chi connectivity index (χ3v) is 4.76. The van der Waals surface area contributed by atoms with Crippen molar-refractivity contribution in [1.82, 2.24) is 15.2 Å². The van der Waals surface area contributed by atoms with Crippen molar-refractivity contribution in [1.29, 1.82) is 0 Å². The second-order valence-electron chi connectivity index (χ2n) is 6.54. The Morgan fingerprint density at radius 2 is 1.92 bits per heavy atom. The Labute approximate surface area is 146 Å². The number of nitrogens with zero attached hydrogens (tertiary/aromatic N) is 3. The summed E-state index contributed by atoms with van der Waals surface area (Å²) in [5, 5.41) is 8.61. The molecule has 1 aromatic carbocycles. The van der Waals surface area contributed by atoms with E-state index in [1.165, 1.54) is 18.6 Å². The lowest BCUT2D eigenvalue weighted by atomic mass is 9.89. The maximum absolute atomic E-state index is 13.1. The highest BCUT2D eigenvalue weighted by Crippen LogP contribution is 2.23. The van der Waals surface area contributed by atoms with Gasteiger partial charge >= 0.3 is 0 Å². The molecule has 5 nitrogen and oxygen atoms in total. The zero-order chi connectivity index (χ0) is 17.8. The number of carbonyl (C=O) groups excluding carboxylic acids is 1. The van der Waals surface area contributed by atoms with E-state index in [4.69, 9.17) is 0 Å². The van der Waals surface area contributed by atoms with Gasteiger partial charge in [0.25, 0.3) is 0 Å². The predicted octanol–water partition coefficient (Wildman–Crippen LogP) is 3.66. The molecule has 3 rings (SSSR count). The lowest BCUT2D eigenvalue weighted by Gasteiger charge is -2.19. The van der Waals surface area contributed by atoms with E-state index in [0.29, 0.717) is 0 Å². The fraction of sp³-hybridized carbons (Fsp3) is 0.421. The van der Waals surface area contributed by atoms with Crippen LogP contribution in [0.3, 0.4) is 0 Å². The van der Waals surface area contributed by atoms with Crippen LogP contribution in [0.15, 0.2) is 29.4 Å². The summed E-state index contributed by atoms with van der Waals surface area (Å²) in [4.78, 5) is 12.1. The fourth-order valence-electron chi connectivity index (χ4n) is 3.29. The number of hydrogen-bond donors (Lipinski definition) is 1. The second-order valence-corrected chi connectivity index (χ2v) is 6.54. The zero-order valence-electron chi connectivity index (χ0n) is 14.6. The van der Waals surface area contributed by atoms with Crippen LogP contribution in [-0.4, -0.2) is 21.9 Å². The minimum absolute atomic E-state index is 0.00261. The lowest BCUT2D eigenvalue weighted by molar-refractivity contribution is -0.125. The molecular weight excluding hydrogens is 319 g/mol. The van der Waals surface area contributed by atoms with Gasteiger partial charge in [-0.15, -0.1) is 0 Å². The Morgan fingerprint density at radius 1 is 1.24 bits per heavy atom. The first kappa shape index (κ1) is 17.3. The van der Waals surface area contributed by atoms with Crippen LogP contribution in [0.25, 0.3) is 5.69 Å². The molecule has 1 aliphatic carbocycles. The molecule has 1 fully saturated rings. The zero-order valence-corrected chi connectivity index (χ0v) is 14.6. The number of amides is 1. The van der Waals surface area contributed by atoms with Gasteiger partial charge in [0.15, 0.2) is 0 Å². The molecule has 0 bridgehead atoms. The van der Waals surface area contributed by atoms with Gasteiger partial charge in [0.2, 0.25) is 5.91 Å². The molecule has 1 saturated carbocycles. The van der Waals surface area contributed by atoms with E-state index in [-0.39, 0.29) is 17.6 Å². The molecule has 0 aliphatic heterocycles. The molecule has 6 heteroatoms. The van der Waals surface area contributed by atoms with Crippen molar-refractivity contribution in [2.45, 2.75) is 46.0 Å². The van der Waals surface area contributed by atoms with Crippen molar-refractivity contribution < 1.29 is 9.18 Å². The van der Waals surface area contributed by atoms with Gasteiger partial charge in [0, 0.05) is 11.5 Å². The highest BCUT2D eigenvalue weighted by atomic mass is 19.1. The van der Waals surface area contributed by atoms with Crippen molar-refractivity contribution >= 4 is 12.1 Å². The van der Waals surface area contributed by atoms with Crippen LogP contribution in [0.1, 0.15) is 49.1 Å². The van der Waals surface area contributed by atoms with Gasteiger partial charge in [0.05, 0.1) is 23.3 Å². The van der Waals surface area contributed by atoms with Crippen LogP contribution >= 0.6 is 0 Å². The van der Waals surface area contributed by atoms with E-state index in [2.05, 4.69) is 15.6 Å². The quantitative estimate of drug-likeness (QED) is 0.681. The topological polar surface area (TPSA) is 59.3 Å². The van der Waals surface area contributed by atoms with Crippen molar-refractivity contribution in [3.05, 3.63) is 47.0 Å². The highest BCUT2D eigenvalue weighted by molar-refractivity contribution is 5.85. The number of rotatable bonds is 4. The van der Waals surface area contributed by atoms with Crippen LogP contribution in [0, 0.1) is 25.6 Å². The number of hydrazone groups is 1. The van der Waals surface area contributed by atoms with Crippen LogP contribution in [0.5, 0.6) is 0 Å². The summed E-state index contributed by atoms with van der Waals surface area (Å²) in [5.41, 5.74) is 5.99. The number of halogens is 1. The average molecular weight is 342 g/mol. The highest BCUT2D eigenvalue weighted by Gasteiger charge is 2.20. The monoisotopic (exact) mass is 342 g/mol. The van der Waals surface area contributed by atoms with Crippen molar-refractivity contribution in [3.63, 3.8) is 0 Å². The van der Waals surface area contributed by atoms with E-state index in [0.717, 1.165) is 48.3 Å². The van der Waals surface area contributed by atoms with Crippen LogP contribution in [0.4, 0.5) is 4.39 Å². The molecule has 0 spiro atoms. The second kappa shape index (κ2) is 7.59. The Bertz CT molecular complexity index is 773. The number of carbonyl (C=O) groups is 1. The number of aryl methyl sites for hydroxylation is 1. The molecule has 0 saturated heterocycles. The molecule has 1 amide bonds. The Hall–Kier alpha value is -2.50. The standard InChI is InChI=1S/C19H23FN4O/c1-13-18(12-21-22-19(25)15-6-4-3-5-7-15)14(2)24(23-13)17-10-8-16(20)9-11-17/h8-12,15H,3-7H2,1-2H3,(H,22,25)/b21-12-. The first-order valence-corrected chi connectivity index (χ1v) is 8.71. The summed E-state index contributed by atoms with van der Waals surface area (Å²) >= 11 is 0. The molecule has 0 unspecified atom stereocenters. The third kappa shape index (κ3) is 3.95. The summed E-state index contributed by atoms with van der Waals surface area (Å²) in [6, 6.07) is 6.18. The van der Waals surface area contributed by atoms with Gasteiger partial charge in [-0.1, -0.05) is 19.3 Å². The smallest absolute Gasteiger partial charge is 0.243 e. The first-order chi connectivity index (χ1) is 12.1. The molecule has 1 N–H and O–H groups in total. The molecule has 0 atom stereocenters. The van der Waals surface area contributed by atoms with Crippen molar-refractivity contribution in [2.75, 3.05) is 0 Å². The van der Waals surface area contributed by atoms with E-state index in [1.807, 2.05) is 13.8 Å². The molecular formula is C19H23FN4O. The van der Waals surface area contributed by atoms with Gasteiger partial charge in [-0.25, -0.2) is 14.5 Å². The Kier molecular flexibility index (Phi) is 5.26. The summed E-state index contributed by atoms with van der Waals surface area (Å²) in [6.07, 6.45) is 6.98. The minimum Gasteiger partial charge on any atom is -0.273 e. The van der Waals surface area contributed by atoms with Crippen LogP contribution in [-0.2, 0) is 4.79 Å². The first-order valence-electron chi connectivity index (χ1n) is 8.71. The molecule has 1 aromatic heterocycles. The van der Waals surface area contributed by atoms with E-state index < -0.39 is 0 Å². The van der Waals surface area contributed by atoms with Gasteiger partial charge in [-0.3, -0.25) is 4.79 Å². The van der Waals surface area contributed by atoms with Crippen LogP contribution < -0.4 is 5.43 Å². The maximum atomic E-state index is 13.1. The predicted molar refractivity (Wildman–Crippen MR) is 95.3 cm³/mol. The Balaban J connectivity index is 1.72. The molecule has 1 aliphatic rings. The SMILES string of the molecule is Cc1nn(-c2ccc(F)cc2)c(C)c1/C=N\NC(=O)C1CCCCC1. The largest absolute Gasteiger partial charge is 0.273 e. The summed E-state index contributed by atoms with van der Waals surface area (Å²) in [6.45, 7) is 3.81. The van der Waals surface area contributed by atoms with Crippen LogP contribution in [0.2, 0.25) is 0 Å². The Morgan fingerprint density at radius 3 is 2.60 bits per heavy atom. The number of benzene rings is 1. The molecule has 2 aromatic rings. The van der Waals surface area contributed by atoms with Gasteiger partial charge < -0.3 is 0 Å². The minimum atomic E-state index is -0.280. The van der Waals surface area contributed by atoms with E-state index in [9.17, 15) is 9.18 Å². The molecule has 1 heterocycles. The number of nitrogens with one attached hydrogen (secondary N) is 1. The summed E-state index contributed by atoms with van der Waals surface area (Å²) in [5.74, 6) is -0.204. The van der Waals surface area contributed by atoms with Gasteiger partial charge in [-0.05, 0) is 51.0 Å². The summed E-state index contributed by atoms with van der Waals surface area (Å²) in [7, 11) is 0. The van der Waals surface area contributed by atoms with Gasteiger partial charge in [-0.2, -0.15) is 10.2 Å². The third-order valence-electron chi connectivity index (χ3n) is 4.76. The van der Waals surface area contributed by atoms with E-state index in [1.54, 1.807) is 23.0 Å². The molecule has 132 valence electrons. The molecule has 0 radical (unpaired) electrons. The fourth-order valence-corrected chi connectivity index (χ4v) is 3.29. The average Bonchev–Trinajstić information content (AvgIpc) is 2.91. The van der Waals surface area contributed by atoms with Crippen molar-refractivity contribution in [2.24, 2.45) is 11.0 Å². The lowest BCUT2D eigenvalue weighted by Crippen LogP contribution is -2.28. The maximum Gasteiger partial charge on any atom is 0.243 e. The van der Waals surface area contributed by atoms with E-state index >= 15 is 0 Å². The number of aromatic nitrogens is 2. The normalized spacial score (nSPS) is 15.6.